The molecule has 2 fully saturated rings. The van der Waals surface area contributed by atoms with E-state index in [0.29, 0.717) is 23.6 Å². The normalized spacial score (nSPS) is 20.3. The molecule has 194 valence electrons. The summed E-state index contributed by atoms with van der Waals surface area (Å²) in [6.07, 6.45) is 7.83. The smallest absolute Gasteiger partial charge is 0.234 e. The van der Waals surface area contributed by atoms with Crippen LogP contribution in [-0.2, 0) is 29.3 Å². The number of anilines is 1. The third kappa shape index (κ3) is 5.06. The van der Waals surface area contributed by atoms with Crippen molar-refractivity contribution >= 4 is 29.3 Å². The zero-order valence-electron chi connectivity index (χ0n) is 21.3. The Balaban J connectivity index is 1.74. The Labute approximate surface area is 216 Å². The minimum atomic E-state index is -0.599. The molecule has 8 nitrogen and oxygen atoms in total. The van der Waals surface area contributed by atoms with Crippen molar-refractivity contribution in [1.82, 2.24) is 4.90 Å². The molecule has 2 saturated heterocycles. The Hall–Kier alpha value is -3.78. The first kappa shape index (κ1) is 26.3. The van der Waals surface area contributed by atoms with Crippen molar-refractivity contribution in [1.29, 1.82) is 0 Å². The first-order valence-corrected chi connectivity index (χ1v) is 12.4. The van der Waals surface area contributed by atoms with Gasteiger partial charge in [0.25, 0.3) is 0 Å². The van der Waals surface area contributed by atoms with Crippen LogP contribution in [0.25, 0.3) is 0 Å². The Morgan fingerprint density at radius 2 is 1.51 bits per heavy atom. The lowest BCUT2D eigenvalue weighted by Crippen LogP contribution is -2.37. The lowest BCUT2D eigenvalue weighted by atomic mass is 9.75. The molecule has 4 rings (SSSR count). The van der Waals surface area contributed by atoms with Crippen LogP contribution in [0, 0.1) is 0 Å². The van der Waals surface area contributed by atoms with Crippen LogP contribution in [0.2, 0.25) is 0 Å². The Morgan fingerprint density at radius 3 is 2.11 bits per heavy atom. The van der Waals surface area contributed by atoms with E-state index in [-0.39, 0.29) is 62.5 Å². The molecule has 1 aromatic rings. The van der Waals surface area contributed by atoms with Crippen LogP contribution in [0.4, 0.5) is 5.69 Å². The van der Waals surface area contributed by atoms with Gasteiger partial charge in [0.1, 0.15) is 18.5 Å². The molecule has 0 aromatic heterocycles. The van der Waals surface area contributed by atoms with Gasteiger partial charge in [-0.05, 0) is 35.8 Å². The highest BCUT2D eigenvalue weighted by molar-refractivity contribution is 6.20. The minimum absolute atomic E-state index is 0.161. The summed E-state index contributed by atoms with van der Waals surface area (Å²) in [4.78, 5) is 52.7. The predicted molar refractivity (Wildman–Crippen MR) is 139 cm³/mol. The Bertz CT molecular complexity index is 1190. The molecule has 1 unspecified atom stereocenters. The molecule has 37 heavy (non-hydrogen) atoms. The summed E-state index contributed by atoms with van der Waals surface area (Å²) in [7, 11) is 0. The lowest BCUT2D eigenvalue weighted by molar-refractivity contribution is -0.137. The van der Waals surface area contributed by atoms with Gasteiger partial charge in [0.05, 0.1) is 18.0 Å². The molecule has 1 aromatic carbocycles. The quantitative estimate of drug-likeness (QED) is 0.352. The molecule has 3 aliphatic rings. The van der Waals surface area contributed by atoms with Gasteiger partial charge in [-0.25, -0.2) is 4.90 Å². The van der Waals surface area contributed by atoms with E-state index < -0.39 is 11.5 Å². The molecule has 0 spiro atoms. The molecule has 4 amide bonds. The number of carbonyl (C=O) groups is 4. The van der Waals surface area contributed by atoms with Crippen LogP contribution in [0.5, 0.6) is 5.75 Å². The standard InChI is InChI=1S/C29H32N2O6/c1-5-15-36-23-9-7-19(17-21(23)30-25(32)11-12-26(30)33)29(3,4)20-8-10-24(37-16-6-2)22(18-20)31-27(34)13-14-28(31)35/h5-9,17-18,24H,1-2,10-16H2,3-4H3. The Kier molecular flexibility index (Phi) is 7.59. The molecule has 0 saturated carbocycles. The number of likely N-dealkylation sites (tertiary alicyclic amines) is 1. The van der Waals surface area contributed by atoms with Crippen molar-refractivity contribution < 1.29 is 28.7 Å². The molecule has 1 aliphatic carbocycles. The number of hydrogen-bond donors (Lipinski definition) is 0. The number of imide groups is 2. The zero-order valence-corrected chi connectivity index (χ0v) is 21.3. The zero-order chi connectivity index (χ0) is 26.7. The summed E-state index contributed by atoms with van der Waals surface area (Å²) in [5.74, 6) is -0.589. The van der Waals surface area contributed by atoms with Crippen LogP contribution in [-0.4, -0.2) is 47.8 Å². The molecule has 2 heterocycles. The van der Waals surface area contributed by atoms with Crippen LogP contribution in [0.3, 0.4) is 0 Å². The number of carbonyl (C=O) groups excluding carboxylic acids is 4. The van der Waals surface area contributed by atoms with Crippen LogP contribution in [0.1, 0.15) is 51.5 Å². The van der Waals surface area contributed by atoms with Crippen molar-refractivity contribution in [2.75, 3.05) is 18.1 Å². The first-order chi connectivity index (χ1) is 17.7. The summed E-state index contributed by atoms with van der Waals surface area (Å²) in [5.41, 5.74) is 2.05. The predicted octanol–water partition coefficient (Wildman–Crippen LogP) is 4.12. The fourth-order valence-corrected chi connectivity index (χ4v) is 4.88. The molecular weight excluding hydrogens is 472 g/mol. The van der Waals surface area contributed by atoms with Crippen LogP contribution >= 0.6 is 0 Å². The van der Waals surface area contributed by atoms with E-state index in [1.54, 1.807) is 24.3 Å². The van der Waals surface area contributed by atoms with Gasteiger partial charge >= 0.3 is 0 Å². The maximum atomic E-state index is 12.6. The summed E-state index contributed by atoms with van der Waals surface area (Å²) in [5, 5.41) is 0. The molecule has 8 heteroatoms. The topological polar surface area (TPSA) is 93.2 Å². The van der Waals surface area contributed by atoms with Gasteiger partial charge in [-0.3, -0.25) is 24.1 Å². The molecule has 0 radical (unpaired) electrons. The van der Waals surface area contributed by atoms with E-state index in [0.717, 1.165) is 11.1 Å². The van der Waals surface area contributed by atoms with Gasteiger partial charge in [0, 0.05) is 31.1 Å². The number of allylic oxidation sites excluding steroid dienone is 2. The minimum Gasteiger partial charge on any atom is -0.487 e. The molecule has 2 aliphatic heterocycles. The summed E-state index contributed by atoms with van der Waals surface area (Å²) in [6, 6.07) is 5.46. The number of benzene rings is 1. The van der Waals surface area contributed by atoms with E-state index in [4.69, 9.17) is 9.47 Å². The fraction of sp³-hybridized carbons (Fsp3) is 0.379. The summed E-state index contributed by atoms with van der Waals surface area (Å²) >= 11 is 0. The van der Waals surface area contributed by atoms with Gasteiger partial charge in [0.2, 0.25) is 23.6 Å². The molecule has 0 N–H and O–H groups in total. The molecular formula is C29H32N2O6. The van der Waals surface area contributed by atoms with E-state index in [1.807, 2.05) is 32.1 Å². The fourth-order valence-electron chi connectivity index (χ4n) is 4.88. The average Bonchev–Trinajstić information content (AvgIpc) is 3.40. The van der Waals surface area contributed by atoms with E-state index >= 15 is 0 Å². The van der Waals surface area contributed by atoms with E-state index in [2.05, 4.69) is 13.2 Å². The van der Waals surface area contributed by atoms with Crippen molar-refractivity contribution in [2.45, 2.75) is 57.5 Å². The lowest BCUT2D eigenvalue weighted by Gasteiger charge is -2.35. The highest BCUT2D eigenvalue weighted by atomic mass is 16.5. The van der Waals surface area contributed by atoms with Gasteiger partial charge in [-0.2, -0.15) is 0 Å². The number of nitrogens with zero attached hydrogens (tertiary/aromatic N) is 2. The largest absolute Gasteiger partial charge is 0.487 e. The summed E-state index contributed by atoms with van der Waals surface area (Å²) in [6.45, 7) is 11.9. The first-order valence-electron chi connectivity index (χ1n) is 12.4. The molecule has 1 atom stereocenters. The number of ether oxygens (including phenoxy) is 2. The second kappa shape index (κ2) is 10.7. The second-order valence-corrected chi connectivity index (χ2v) is 9.73. The molecule has 0 bridgehead atoms. The SMILES string of the molecule is C=CCOc1ccc(C(C)(C)C2=CCC(OCC=C)C(N3C(=O)CCC3=O)=C2)cc1N1C(=O)CCC1=O. The van der Waals surface area contributed by atoms with Crippen molar-refractivity contribution in [2.24, 2.45) is 0 Å². The van der Waals surface area contributed by atoms with Crippen molar-refractivity contribution in [3.63, 3.8) is 0 Å². The maximum Gasteiger partial charge on any atom is 0.234 e. The summed E-state index contributed by atoms with van der Waals surface area (Å²) < 4.78 is 11.7. The van der Waals surface area contributed by atoms with E-state index in [9.17, 15) is 19.2 Å². The highest BCUT2D eigenvalue weighted by Crippen LogP contribution is 2.42. The second-order valence-electron chi connectivity index (χ2n) is 9.73. The highest BCUT2D eigenvalue weighted by Gasteiger charge is 2.39. The van der Waals surface area contributed by atoms with Gasteiger partial charge in [-0.15, -0.1) is 6.58 Å². The van der Waals surface area contributed by atoms with Crippen LogP contribution < -0.4 is 9.64 Å². The third-order valence-corrected chi connectivity index (χ3v) is 6.96. The van der Waals surface area contributed by atoms with E-state index in [1.165, 1.54) is 9.80 Å². The number of hydrogen-bond acceptors (Lipinski definition) is 6. The third-order valence-electron chi connectivity index (χ3n) is 6.96. The van der Waals surface area contributed by atoms with Gasteiger partial charge in [0.15, 0.2) is 0 Å². The number of amides is 4. The average molecular weight is 505 g/mol. The van der Waals surface area contributed by atoms with Gasteiger partial charge < -0.3 is 9.47 Å². The van der Waals surface area contributed by atoms with Crippen molar-refractivity contribution in [3.05, 3.63) is 72.5 Å². The van der Waals surface area contributed by atoms with Gasteiger partial charge in [-0.1, -0.05) is 44.7 Å². The maximum absolute atomic E-state index is 12.6. The Morgan fingerprint density at radius 1 is 0.919 bits per heavy atom. The van der Waals surface area contributed by atoms with Crippen LogP contribution in [0.15, 0.2) is 66.9 Å². The number of rotatable bonds is 10. The van der Waals surface area contributed by atoms with Crippen molar-refractivity contribution in [3.8, 4) is 5.75 Å². The monoisotopic (exact) mass is 504 g/mol.